The van der Waals surface area contributed by atoms with Crippen molar-refractivity contribution in [1.29, 1.82) is 5.41 Å². The maximum Gasteiger partial charge on any atom is 0.344 e. The van der Waals surface area contributed by atoms with Gasteiger partial charge in [0.25, 0.3) is 5.91 Å². The molecule has 2 rings (SSSR count). The molecule has 4 amide bonds. The lowest BCUT2D eigenvalue weighted by Crippen LogP contribution is -2.57. The average molecular weight is 497 g/mol. The van der Waals surface area contributed by atoms with Gasteiger partial charge in [0.15, 0.2) is 0 Å². The molecule has 1 saturated heterocycles. The Bertz CT molecular complexity index is 1100. The summed E-state index contributed by atoms with van der Waals surface area (Å²) in [5.41, 5.74) is 4.55. The predicted octanol–water partition coefficient (Wildman–Crippen LogP) is -0.326. The van der Waals surface area contributed by atoms with Crippen molar-refractivity contribution in [3.63, 3.8) is 0 Å². The molecule has 1 aliphatic rings. The van der Waals surface area contributed by atoms with Crippen LogP contribution in [-0.2, 0) is 29.9 Å². The van der Waals surface area contributed by atoms with E-state index in [0.29, 0.717) is 34.0 Å². The molecule has 0 aliphatic carbocycles. The summed E-state index contributed by atoms with van der Waals surface area (Å²) in [7, 11) is -3.99. The number of hydrazine groups is 1. The summed E-state index contributed by atoms with van der Waals surface area (Å²) in [6.45, 7) is 3.39. The molecule has 1 aromatic rings. The molecule has 0 bridgehead atoms. The van der Waals surface area contributed by atoms with Crippen LogP contribution in [0.3, 0.4) is 0 Å². The van der Waals surface area contributed by atoms with E-state index in [9.17, 15) is 32.7 Å². The van der Waals surface area contributed by atoms with Gasteiger partial charge >= 0.3 is 12.0 Å². The first-order chi connectivity index (χ1) is 15.7. The molecule has 1 heterocycles. The first-order valence-corrected chi connectivity index (χ1v) is 12.0. The SMILES string of the molecule is CCCCS(=O)(=O)NC(CN(C(C)=O)N1C(=O)NC(C)(c2ccc(C(=N)N)cc2)C1=O)C(=O)O. The molecule has 0 aromatic heterocycles. The van der Waals surface area contributed by atoms with Gasteiger partial charge in [-0.05, 0) is 18.9 Å². The summed E-state index contributed by atoms with van der Waals surface area (Å²) in [5, 5.41) is 20.5. The Kier molecular flexibility index (Phi) is 8.00. The van der Waals surface area contributed by atoms with Crippen molar-refractivity contribution < 1.29 is 32.7 Å². The van der Waals surface area contributed by atoms with Crippen LogP contribution < -0.4 is 15.8 Å². The maximum atomic E-state index is 13.3. The highest BCUT2D eigenvalue weighted by molar-refractivity contribution is 7.89. The van der Waals surface area contributed by atoms with E-state index in [0.717, 1.165) is 6.92 Å². The number of nitrogens with two attached hydrogens (primary N) is 1. The number of rotatable bonds is 11. The fraction of sp³-hybridized carbons (Fsp3) is 0.450. The highest BCUT2D eigenvalue weighted by atomic mass is 32.2. The van der Waals surface area contributed by atoms with E-state index in [2.05, 4.69) is 5.32 Å². The molecule has 14 heteroatoms. The Morgan fingerprint density at radius 1 is 1.29 bits per heavy atom. The molecule has 6 N–H and O–H groups in total. The van der Waals surface area contributed by atoms with Gasteiger partial charge in [-0.25, -0.2) is 18.2 Å². The lowest BCUT2D eigenvalue weighted by Gasteiger charge is -2.31. The average Bonchev–Trinajstić information content (AvgIpc) is 2.98. The molecule has 0 saturated carbocycles. The number of nitrogen functional groups attached to an aromatic ring is 1. The van der Waals surface area contributed by atoms with E-state index in [1.807, 2.05) is 4.72 Å². The van der Waals surface area contributed by atoms with Gasteiger partial charge in [0.1, 0.15) is 17.4 Å². The number of carbonyl (C=O) groups excluding carboxylic acids is 3. The van der Waals surface area contributed by atoms with Crippen molar-refractivity contribution in [3.05, 3.63) is 35.4 Å². The third-order valence-electron chi connectivity index (χ3n) is 5.29. The normalized spacial score (nSPS) is 19.0. The molecule has 13 nitrogen and oxygen atoms in total. The zero-order valence-electron chi connectivity index (χ0n) is 19.0. The first-order valence-electron chi connectivity index (χ1n) is 10.4. The fourth-order valence-corrected chi connectivity index (χ4v) is 4.72. The summed E-state index contributed by atoms with van der Waals surface area (Å²) in [4.78, 5) is 50.1. The Morgan fingerprint density at radius 3 is 2.35 bits per heavy atom. The molecule has 1 aliphatic heterocycles. The number of nitrogens with zero attached hydrogens (tertiary/aromatic N) is 2. The highest BCUT2D eigenvalue weighted by Gasteiger charge is 2.52. The topological polar surface area (TPSA) is 203 Å². The lowest BCUT2D eigenvalue weighted by molar-refractivity contribution is -0.158. The molecule has 186 valence electrons. The van der Waals surface area contributed by atoms with E-state index in [4.69, 9.17) is 11.1 Å². The zero-order valence-corrected chi connectivity index (χ0v) is 19.8. The second kappa shape index (κ2) is 10.2. The Hall–Kier alpha value is -3.52. The molecular formula is C20H28N6O7S. The van der Waals surface area contributed by atoms with E-state index in [-0.39, 0.29) is 11.6 Å². The third kappa shape index (κ3) is 5.69. The molecule has 34 heavy (non-hydrogen) atoms. The summed E-state index contributed by atoms with van der Waals surface area (Å²) in [5.74, 6) is -3.81. The largest absolute Gasteiger partial charge is 0.480 e. The summed E-state index contributed by atoms with van der Waals surface area (Å²) in [6.07, 6.45) is 0.860. The Balaban J connectivity index is 2.35. The number of amides is 4. The molecule has 1 fully saturated rings. The van der Waals surface area contributed by atoms with E-state index < -0.39 is 52.0 Å². The van der Waals surface area contributed by atoms with Crippen LogP contribution in [0.25, 0.3) is 0 Å². The molecule has 2 unspecified atom stereocenters. The van der Waals surface area contributed by atoms with E-state index in [1.54, 1.807) is 6.92 Å². The number of benzene rings is 1. The number of amidine groups is 1. The number of sulfonamides is 1. The number of hydrogen-bond donors (Lipinski definition) is 5. The minimum absolute atomic E-state index is 0.191. The van der Waals surface area contributed by atoms with E-state index in [1.165, 1.54) is 31.2 Å². The fourth-order valence-electron chi connectivity index (χ4n) is 3.32. The number of urea groups is 1. The highest BCUT2D eigenvalue weighted by Crippen LogP contribution is 2.30. The monoisotopic (exact) mass is 496 g/mol. The van der Waals surface area contributed by atoms with Crippen LogP contribution in [0, 0.1) is 5.41 Å². The van der Waals surface area contributed by atoms with Gasteiger partial charge in [0, 0.05) is 12.5 Å². The number of nitrogens with one attached hydrogen (secondary N) is 3. The number of carbonyl (C=O) groups is 4. The summed E-state index contributed by atoms with van der Waals surface area (Å²) < 4.78 is 26.4. The zero-order chi connectivity index (χ0) is 25.8. The smallest absolute Gasteiger partial charge is 0.344 e. The van der Waals surface area contributed by atoms with Crippen molar-refractivity contribution in [2.75, 3.05) is 12.3 Å². The number of carboxylic acid groups (broad SMARTS) is 1. The van der Waals surface area contributed by atoms with E-state index >= 15 is 0 Å². The second-order valence-corrected chi connectivity index (χ2v) is 9.82. The van der Waals surface area contributed by atoms with Gasteiger partial charge in [-0.1, -0.05) is 37.6 Å². The standard InChI is InChI=1S/C20H28N6O7S/c1-4-5-10-34(32,33)24-15(17(28)29)11-25(12(2)27)26-18(30)20(3,23-19(26)31)14-8-6-13(7-9-14)16(21)22/h6-9,15,24H,4-5,10-11H2,1-3H3,(H3,21,22)(H,23,31)(H,28,29). The maximum absolute atomic E-state index is 13.3. The number of hydrogen-bond acceptors (Lipinski definition) is 7. The number of imide groups is 1. The van der Waals surface area contributed by atoms with Crippen LogP contribution in [0.4, 0.5) is 4.79 Å². The molecule has 1 aromatic carbocycles. The van der Waals surface area contributed by atoms with Crippen molar-refractivity contribution in [1.82, 2.24) is 20.1 Å². The predicted molar refractivity (Wildman–Crippen MR) is 121 cm³/mol. The lowest BCUT2D eigenvalue weighted by atomic mass is 9.91. The summed E-state index contributed by atoms with van der Waals surface area (Å²) >= 11 is 0. The van der Waals surface area contributed by atoms with Gasteiger partial charge in [-0.2, -0.15) is 9.73 Å². The van der Waals surface area contributed by atoms with Crippen LogP contribution in [0.2, 0.25) is 0 Å². The summed E-state index contributed by atoms with van der Waals surface area (Å²) in [6, 6.07) is 3.15. The molecule has 2 atom stereocenters. The Morgan fingerprint density at radius 2 is 1.88 bits per heavy atom. The molecule has 0 spiro atoms. The van der Waals surface area contributed by atoms with Crippen molar-refractivity contribution in [2.45, 2.75) is 45.2 Å². The third-order valence-corrected chi connectivity index (χ3v) is 6.76. The quantitative estimate of drug-likeness (QED) is 0.156. The minimum Gasteiger partial charge on any atom is -0.480 e. The van der Waals surface area contributed by atoms with Crippen LogP contribution in [0.1, 0.15) is 44.7 Å². The van der Waals surface area contributed by atoms with Crippen molar-refractivity contribution >= 4 is 39.7 Å². The second-order valence-electron chi connectivity index (χ2n) is 7.95. The first kappa shape index (κ1) is 26.7. The van der Waals surface area contributed by atoms with Crippen LogP contribution in [0.5, 0.6) is 0 Å². The van der Waals surface area contributed by atoms with Gasteiger partial charge in [0.2, 0.25) is 15.9 Å². The molecular weight excluding hydrogens is 468 g/mol. The number of aliphatic carboxylic acids is 1. The van der Waals surface area contributed by atoms with Crippen LogP contribution in [0.15, 0.2) is 24.3 Å². The van der Waals surface area contributed by atoms with Gasteiger partial charge in [-0.3, -0.25) is 19.8 Å². The van der Waals surface area contributed by atoms with Crippen LogP contribution in [-0.4, -0.2) is 71.5 Å². The number of unbranched alkanes of at least 4 members (excludes halogenated alkanes) is 1. The minimum atomic E-state index is -3.99. The molecule has 0 radical (unpaired) electrons. The van der Waals surface area contributed by atoms with Crippen molar-refractivity contribution in [3.8, 4) is 0 Å². The van der Waals surface area contributed by atoms with Crippen molar-refractivity contribution in [2.24, 2.45) is 5.73 Å². The number of carboxylic acids is 1. The van der Waals surface area contributed by atoms with Gasteiger partial charge in [0.05, 0.1) is 12.3 Å². The van der Waals surface area contributed by atoms with Crippen LogP contribution >= 0.6 is 0 Å². The van der Waals surface area contributed by atoms with Gasteiger partial charge < -0.3 is 16.2 Å². The van der Waals surface area contributed by atoms with Gasteiger partial charge in [-0.15, -0.1) is 0 Å². The Labute approximate surface area is 196 Å².